The molecule has 0 aromatic rings. The van der Waals surface area contributed by atoms with Crippen molar-refractivity contribution in [1.82, 2.24) is 10.2 Å². The molecule has 2 unspecified atom stereocenters. The van der Waals surface area contributed by atoms with Gasteiger partial charge in [-0.25, -0.2) is 0 Å². The Morgan fingerprint density at radius 2 is 1.71 bits per heavy atom. The Bertz CT molecular complexity index is 135. The van der Waals surface area contributed by atoms with Crippen LogP contribution in [-0.2, 0) is 0 Å². The first kappa shape index (κ1) is 12.0. The summed E-state index contributed by atoms with van der Waals surface area (Å²) in [5.74, 6) is 1.61. The van der Waals surface area contributed by atoms with Gasteiger partial charge in [-0.2, -0.15) is 0 Å². The lowest BCUT2D eigenvalue weighted by molar-refractivity contribution is 0.183. The average molecular weight is 198 g/mol. The van der Waals surface area contributed by atoms with Crippen molar-refractivity contribution in [3.63, 3.8) is 0 Å². The number of nitrogens with zero attached hydrogens (tertiary/aromatic N) is 1. The first-order valence-corrected chi connectivity index (χ1v) is 6.15. The highest BCUT2D eigenvalue weighted by Crippen LogP contribution is 2.08. The lowest BCUT2D eigenvalue weighted by Gasteiger charge is -2.31. The van der Waals surface area contributed by atoms with Crippen molar-refractivity contribution in [3.8, 4) is 0 Å². The summed E-state index contributed by atoms with van der Waals surface area (Å²) < 4.78 is 0. The first-order valence-electron chi connectivity index (χ1n) is 6.15. The maximum Gasteiger partial charge on any atom is 0.00193 e. The van der Waals surface area contributed by atoms with Gasteiger partial charge in [-0.05, 0) is 37.9 Å². The highest BCUT2D eigenvalue weighted by atomic mass is 15.1. The number of hydrogen-bond acceptors (Lipinski definition) is 2. The molecule has 2 nitrogen and oxygen atoms in total. The van der Waals surface area contributed by atoms with Gasteiger partial charge in [0, 0.05) is 13.1 Å². The third-order valence-electron chi connectivity index (χ3n) is 2.95. The van der Waals surface area contributed by atoms with Crippen LogP contribution >= 0.6 is 0 Å². The van der Waals surface area contributed by atoms with E-state index in [0.29, 0.717) is 0 Å². The topological polar surface area (TPSA) is 15.3 Å². The van der Waals surface area contributed by atoms with Crippen LogP contribution in [0.2, 0.25) is 0 Å². The Hall–Kier alpha value is -0.0800. The van der Waals surface area contributed by atoms with E-state index in [1.165, 1.54) is 45.6 Å². The van der Waals surface area contributed by atoms with E-state index in [4.69, 9.17) is 0 Å². The molecule has 2 heteroatoms. The van der Waals surface area contributed by atoms with Crippen LogP contribution in [0.25, 0.3) is 0 Å². The SMILES string of the molecule is CCCCN1CC(C)CNCC(C)C1. The summed E-state index contributed by atoms with van der Waals surface area (Å²) in [6.45, 7) is 13.2. The lowest BCUT2D eigenvalue weighted by Crippen LogP contribution is -2.42. The van der Waals surface area contributed by atoms with Crippen LogP contribution in [0.3, 0.4) is 0 Å². The summed E-state index contributed by atoms with van der Waals surface area (Å²) in [5.41, 5.74) is 0. The van der Waals surface area contributed by atoms with E-state index in [-0.39, 0.29) is 0 Å². The maximum absolute atomic E-state index is 3.54. The van der Waals surface area contributed by atoms with Crippen LogP contribution in [0.4, 0.5) is 0 Å². The van der Waals surface area contributed by atoms with Gasteiger partial charge in [0.05, 0.1) is 0 Å². The Morgan fingerprint density at radius 3 is 2.21 bits per heavy atom. The number of unbranched alkanes of at least 4 members (excludes halogenated alkanes) is 1. The molecule has 0 bridgehead atoms. The molecule has 0 aromatic carbocycles. The van der Waals surface area contributed by atoms with Gasteiger partial charge in [0.25, 0.3) is 0 Å². The number of nitrogens with one attached hydrogen (secondary N) is 1. The molecule has 0 amide bonds. The summed E-state index contributed by atoms with van der Waals surface area (Å²) in [6, 6.07) is 0. The standard InChI is InChI=1S/C12H26N2/c1-4-5-6-14-9-11(2)7-13-8-12(3)10-14/h11-13H,4-10H2,1-3H3. The second-order valence-electron chi connectivity index (χ2n) is 4.98. The van der Waals surface area contributed by atoms with Gasteiger partial charge in [-0.15, -0.1) is 0 Å². The van der Waals surface area contributed by atoms with Gasteiger partial charge < -0.3 is 10.2 Å². The van der Waals surface area contributed by atoms with E-state index in [1.807, 2.05) is 0 Å². The van der Waals surface area contributed by atoms with E-state index >= 15 is 0 Å². The van der Waals surface area contributed by atoms with Crippen molar-refractivity contribution in [2.45, 2.75) is 33.6 Å². The van der Waals surface area contributed by atoms with E-state index < -0.39 is 0 Å². The molecule has 0 aliphatic carbocycles. The molecule has 1 aliphatic heterocycles. The Labute approximate surface area is 89.1 Å². The molecular weight excluding hydrogens is 172 g/mol. The van der Waals surface area contributed by atoms with Crippen LogP contribution in [0.5, 0.6) is 0 Å². The molecule has 0 spiro atoms. The van der Waals surface area contributed by atoms with Gasteiger partial charge in [0.15, 0.2) is 0 Å². The fourth-order valence-electron chi connectivity index (χ4n) is 2.23. The highest BCUT2D eigenvalue weighted by Gasteiger charge is 2.16. The molecule has 1 saturated heterocycles. The molecule has 0 radical (unpaired) electrons. The van der Waals surface area contributed by atoms with Crippen LogP contribution in [0.1, 0.15) is 33.6 Å². The smallest absolute Gasteiger partial charge is 0.00193 e. The quantitative estimate of drug-likeness (QED) is 0.746. The molecule has 0 saturated carbocycles. The second kappa shape index (κ2) is 6.41. The minimum absolute atomic E-state index is 0.805. The van der Waals surface area contributed by atoms with Crippen molar-refractivity contribution in [1.29, 1.82) is 0 Å². The minimum Gasteiger partial charge on any atom is -0.316 e. The summed E-state index contributed by atoms with van der Waals surface area (Å²) in [4.78, 5) is 2.65. The normalized spacial score (nSPS) is 31.1. The molecule has 1 fully saturated rings. The summed E-state index contributed by atoms with van der Waals surface area (Å²) in [5, 5.41) is 3.54. The minimum atomic E-state index is 0.805. The van der Waals surface area contributed by atoms with Gasteiger partial charge in [0.2, 0.25) is 0 Å². The van der Waals surface area contributed by atoms with Crippen LogP contribution < -0.4 is 5.32 Å². The molecule has 84 valence electrons. The van der Waals surface area contributed by atoms with E-state index in [9.17, 15) is 0 Å². The molecular formula is C12H26N2. The predicted molar refractivity (Wildman–Crippen MR) is 62.5 cm³/mol. The fourth-order valence-corrected chi connectivity index (χ4v) is 2.23. The summed E-state index contributed by atoms with van der Waals surface area (Å²) in [7, 11) is 0. The second-order valence-corrected chi connectivity index (χ2v) is 4.98. The third kappa shape index (κ3) is 4.43. The monoisotopic (exact) mass is 198 g/mol. The number of hydrogen-bond donors (Lipinski definition) is 1. The van der Waals surface area contributed by atoms with E-state index in [0.717, 1.165) is 11.8 Å². The van der Waals surface area contributed by atoms with Crippen molar-refractivity contribution >= 4 is 0 Å². The summed E-state index contributed by atoms with van der Waals surface area (Å²) in [6.07, 6.45) is 2.67. The molecule has 14 heavy (non-hydrogen) atoms. The van der Waals surface area contributed by atoms with Gasteiger partial charge >= 0.3 is 0 Å². The molecule has 1 aliphatic rings. The third-order valence-corrected chi connectivity index (χ3v) is 2.95. The van der Waals surface area contributed by atoms with Crippen molar-refractivity contribution < 1.29 is 0 Å². The van der Waals surface area contributed by atoms with Crippen LogP contribution in [0, 0.1) is 11.8 Å². The maximum atomic E-state index is 3.54. The Balaban J connectivity index is 2.35. The first-order chi connectivity index (χ1) is 6.72. The van der Waals surface area contributed by atoms with Crippen molar-refractivity contribution in [3.05, 3.63) is 0 Å². The summed E-state index contributed by atoms with van der Waals surface area (Å²) >= 11 is 0. The zero-order chi connectivity index (χ0) is 10.4. The predicted octanol–water partition coefficient (Wildman–Crippen LogP) is 1.96. The average Bonchev–Trinajstić information content (AvgIpc) is 2.11. The zero-order valence-electron chi connectivity index (χ0n) is 10.1. The highest BCUT2D eigenvalue weighted by molar-refractivity contribution is 4.72. The van der Waals surface area contributed by atoms with Crippen molar-refractivity contribution in [2.75, 3.05) is 32.7 Å². The molecule has 1 N–H and O–H groups in total. The van der Waals surface area contributed by atoms with Crippen LogP contribution in [0.15, 0.2) is 0 Å². The lowest BCUT2D eigenvalue weighted by atomic mass is 10.1. The Morgan fingerprint density at radius 1 is 1.14 bits per heavy atom. The van der Waals surface area contributed by atoms with Gasteiger partial charge in [-0.3, -0.25) is 0 Å². The van der Waals surface area contributed by atoms with Crippen LogP contribution in [-0.4, -0.2) is 37.6 Å². The van der Waals surface area contributed by atoms with E-state index in [1.54, 1.807) is 0 Å². The zero-order valence-corrected chi connectivity index (χ0v) is 10.1. The molecule has 2 atom stereocenters. The van der Waals surface area contributed by atoms with E-state index in [2.05, 4.69) is 31.0 Å². The fraction of sp³-hybridized carbons (Fsp3) is 1.00. The van der Waals surface area contributed by atoms with Crippen molar-refractivity contribution in [2.24, 2.45) is 11.8 Å². The molecule has 1 heterocycles. The number of rotatable bonds is 3. The van der Waals surface area contributed by atoms with Gasteiger partial charge in [-0.1, -0.05) is 27.2 Å². The largest absolute Gasteiger partial charge is 0.316 e. The Kier molecular flexibility index (Phi) is 5.49. The van der Waals surface area contributed by atoms with Gasteiger partial charge in [0.1, 0.15) is 0 Å². The molecule has 0 aromatic heterocycles. The molecule has 1 rings (SSSR count).